The number of carbonyl (C=O) groups excluding carboxylic acids is 1. The first kappa shape index (κ1) is 14.8. The molecule has 0 unspecified atom stereocenters. The Bertz CT molecular complexity index is 612. The molecule has 5 nitrogen and oxygen atoms in total. The number of nitrogen functional groups attached to an aromatic ring is 1. The Morgan fingerprint density at radius 1 is 1.45 bits per heavy atom. The summed E-state index contributed by atoms with van der Waals surface area (Å²) in [6.45, 7) is 3.80. The van der Waals surface area contributed by atoms with Crippen LogP contribution in [0.5, 0.6) is 0 Å². The van der Waals surface area contributed by atoms with Crippen LogP contribution in [0, 0.1) is 13.8 Å². The Hall–Kier alpha value is -1.60. The lowest BCUT2D eigenvalue weighted by atomic mass is 10.2. The highest BCUT2D eigenvalue weighted by Gasteiger charge is 2.07. The molecule has 106 valence electrons. The molecule has 0 spiro atoms. The van der Waals surface area contributed by atoms with E-state index in [4.69, 9.17) is 5.73 Å². The first-order chi connectivity index (χ1) is 9.54. The Morgan fingerprint density at radius 2 is 2.25 bits per heavy atom. The highest BCUT2D eigenvalue weighted by atomic mass is 32.2. The van der Waals surface area contributed by atoms with Crippen LogP contribution in [0.4, 0.5) is 11.4 Å². The van der Waals surface area contributed by atoms with E-state index < -0.39 is 0 Å². The van der Waals surface area contributed by atoms with Gasteiger partial charge in [-0.3, -0.25) is 4.79 Å². The van der Waals surface area contributed by atoms with Gasteiger partial charge in [0.05, 0.1) is 0 Å². The van der Waals surface area contributed by atoms with E-state index in [1.165, 1.54) is 11.5 Å². The van der Waals surface area contributed by atoms with Crippen molar-refractivity contribution in [3.8, 4) is 0 Å². The van der Waals surface area contributed by atoms with Crippen molar-refractivity contribution in [3.05, 3.63) is 29.6 Å². The largest absolute Gasteiger partial charge is 0.399 e. The van der Waals surface area contributed by atoms with E-state index in [0.29, 0.717) is 17.9 Å². The van der Waals surface area contributed by atoms with E-state index in [1.807, 2.05) is 26.0 Å². The molecule has 0 bridgehead atoms. The molecule has 0 atom stereocenters. The Morgan fingerprint density at radius 3 is 2.95 bits per heavy atom. The first-order valence-electron chi connectivity index (χ1n) is 6.13. The van der Waals surface area contributed by atoms with Crippen molar-refractivity contribution in [2.75, 3.05) is 16.8 Å². The van der Waals surface area contributed by atoms with Crippen LogP contribution in [0.25, 0.3) is 0 Å². The maximum atomic E-state index is 11.9. The van der Waals surface area contributed by atoms with Gasteiger partial charge in [0.15, 0.2) is 4.34 Å². The van der Waals surface area contributed by atoms with Crippen molar-refractivity contribution >= 4 is 40.6 Å². The minimum atomic E-state index is -0.0209. The molecule has 0 aliphatic heterocycles. The summed E-state index contributed by atoms with van der Waals surface area (Å²) in [6.07, 6.45) is 0.428. The van der Waals surface area contributed by atoms with Crippen molar-refractivity contribution < 1.29 is 4.79 Å². The first-order valence-corrected chi connectivity index (χ1v) is 7.89. The maximum Gasteiger partial charge on any atom is 0.225 e. The SMILES string of the molecule is Cc1nsc(SCCC(=O)Nc2cc(N)ccc2C)n1. The summed E-state index contributed by atoms with van der Waals surface area (Å²) in [5, 5.41) is 2.88. The molecule has 7 heteroatoms. The third kappa shape index (κ3) is 4.21. The molecular weight excluding hydrogens is 292 g/mol. The fourth-order valence-corrected chi connectivity index (χ4v) is 3.21. The lowest BCUT2D eigenvalue weighted by Crippen LogP contribution is -2.13. The van der Waals surface area contributed by atoms with Crippen LogP contribution < -0.4 is 11.1 Å². The quantitative estimate of drug-likeness (QED) is 0.656. The third-order valence-electron chi connectivity index (χ3n) is 2.60. The Labute approximate surface area is 126 Å². The second-order valence-electron chi connectivity index (χ2n) is 4.33. The van der Waals surface area contributed by atoms with Crippen LogP contribution in [0.1, 0.15) is 17.8 Å². The van der Waals surface area contributed by atoms with Gasteiger partial charge in [-0.25, -0.2) is 4.98 Å². The molecule has 1 heterocycles. The predicted octanol–water partition coefficient (Wildman–Crippen LogP) is 2.86. The number of aryl methyl sites for hydroxylation is 2. The number of amides is 1. The molecule has 2 aromatic rings. The number of nitrogens with zero attached hydrogens (tertiary/aromatic N) is 2. The minimum absolute atomic E-state index is 0.0209. The predicted molar refractivity (Wildman–Crippen MR) is 84.2 cm³/mol. The molecule has 3 N–H and O–H groups in total. The monoisotopic (exact) mass is 308 g/mol. The van der Waals surface area contributed by atoms with E-state index in [0.717, 1.165) is 21.4 Å². The summed E-state index contributed by atoms with van der Waals surface area (Å²) in [5.74, 6) is 1.44. The minimum Gasteiger partial charge on any atom is -0.399 e. The molecule has 0 saturated carbocycles. The van der Waals surface area contributed by atoms with E-state index >= 15 is 0 Å². The van der Waals surface area contributed by atoms with Gasteiger partial charge in [0.1, 0.15) is 5.82 Å². The molecule has 0 fully saturated rings. The van der Waals surface area contributed by atoms with Crippen molar-refractivity contribution in [3.63, 3.8) is 0 Å². The molecule has 1 aromatic carbocycles. The average Bonchev–Trinajstić information content (AvgIpc) is 2.80. The molecule has 1 aromatic heterocycles. The Balaban J connectivity index is 1.82. The summed E-state index contributed by atoms with van der Waals surface area (Å²) < 4.78 is 5.00. The van der Waals surface area contributed by atoms with Crippen molar-refractivity contribution in [1.82, 2.24) is 9.36 Å². The summed E-state index contributed by atoms with van der Waals surface area (Å²) in [7, 11) is 0. The van der Waals surface area contributed by atoms with Gasteiger partial charge in [-0.2, -0.15) is 4.37 Å². The van der Waals surface area contributed by atoms with E-state index in [2.05, 4.69) is 14.7 Å². The number of carbonyl (C=O) groups is 1. The van der Waals surface area contributed by atoms with Gasteiger partial charge in [0.25, 0.3) is 0 Å². The van der Waals surface area contributed by atoms with Crippen molar-refractivity contribution in [2.45, 2.75) is 24.6 Å². The fraction of sp³-hybridized carbons (Fsp3) is 0.308. The van der Waals surface area contributed by atoms with Crippen LogP contribution in [0.15, 0.2) is 22.5 Å². The van der Waals surface area contributed by atoms with Crippen LogP contribution in [0.2, 0.25) is 0 Å². The van der Waals surface area contributed by atoms with Gasteiger partial charge in [0.2, 0.25) is 5.91 Å². The molecular formula is C13H16N4OS2. The van der Waals surface area contributed by atoms with Gasteiger partial charge in [0, 0.05) is 23.5 Å². The standard InChI is InChI=1S/C13H16N4OS2/c1-8-3-4-10(14)7-11(8)16-12(18)5-6-19-13-15-9(2)17-20-13/h3-4,7H,5-6,14H2,1-2H3,(H,16,18). The van der Waals surface area contributed by atoms with Gasteiger partial charge >= 0.3 is 0 Å². The third-order valence-corrected chi connectivity index (χ3v) is 4.53. The smallest absolute Gasteiger partial charge is 0.225 e. The molecule has 0 radical (unpaired) electrons. The lowest BCUT2D eigenvalue weighted by molar-refractivity contribution is -0.115. The average molecular weight is 308 g/mol. The second kappa shape index (κ2) is 6.71. The van der Waals surface area contributed by atoms with Gasteiger partial charge in [-0.05, 0) is 43.1 Å². The molecule has 0 aliphatic rings. The normalized spacial score (nSPS) is 10.5. The molecule has 20 heavy (non-hydrogen) atoms. The lowest BCUT2D eigenvalue weighted by Gasteiger charge is -2.08. The van der Waals surface area contributed by atoms with E-state index in [1.54, 1.807) is 17.8 Å². The van der Waals surface area contributed by atoms with Crippen LogP contribution in [-0.4, -0.2) is 21.0 Å². The van der Waals surface area contributed by atoms with E-state index in [9.17, 15) is 4.79 Å². The number of nitrogens with two attached hydrogens (primary N) is 1. The zero-order chi connectivity index (χ0) is 14.5. The number of benzene rings is 1. The highest BCUT2D eigenvalue weighted by Crippen LogP contribution is 2.21. The van der Waals surface area contributed by atoms with Crippen LogP contribution in [0.3, 0.4) is 0 Å². The van der Waals surface area contributed by atoms with Crippen molar-refractivity contribution in [1.29, 1.82) is 0 Å². The number of hydrogen-bond acceptors (Lipinski definition) is 6. The number of rotatable bonds is 5. The van der Waals surface area contributed by atoms with Crippen LogP contribution in [-0.2, 0) is 4.79 Å². The summed E-state index contributed by atoms with van der Waals surface area (Å²) >= 11 is 2.91. The number of nitrogens with one attached hydrogen (secondary N) is 1. The number of anilines is 2. The molecule has 0 aliphatic carbocycles. The fourth-order valence-electron chi connectivity index (χ4n) is 1.55. The second-order valence-corrected chi connectivity index (χ2v) is 6.42. The number of hydrogen-bond donors (Lipinski definition) is 2. The topological polar surface area (TPSA) is 80.9 Å². The summed E-state index contributed by atoms with van der Waals surface area (Å²) in [4.78, 5) is 16.1. The Kier molecular flexibility index (Phi) is 4.97. The molecule has 1 amide bonds. The van der Waals surface area contributed by atoms with Gasteiger partial charge < -0.3 is 11.1 Å². The highest BCUT2D eigenvalue weighted by molar-refractivity contribution is 8.00. The number of aromatic nitrogens is 2. The van der Waals surface area contributed by atoms with Crippen molar-refractivity contribution in [2.24, 2.45) is 0 Å². The maximum absolute atomic E-state index is 11.9. The molecule has 0 saturated heterocycles. The zero-order valence-corrected chi connectivity index (χ0v) is 13.0. The van der Waals surface area contributed by atoms with Gasteiger partial charge in [-0.15, -0.1) is 0 Å². The summed E-state index contributed by atoms with van der Waals surface area (Å²) in [6, 6.07) is 5.48. The van der Waals surface area contributed by atoms with Gasteiger partial charge in [-0.1, -0.05) is 17.8 Å². The van der Waals surface area contributed by atoms with E-state index in [-0.39, 0.29) is 5.91 Å². The molecule has 2 rings (SSSR count). The summed E-state index contributed by atoms with van der Waals surface area (Å²) in [5.41, 5.74) is 8.13. The number of thioether (sulfide) groups is 1. The van der Waals surface area contributed by atoms with Crippen LogP contribution >= 0.6 is 23.3 Å². The zero-order valence-electron chi connectivity index (χ0n) is 11.3.